The lowest BCUT2D eigenvalue weighted by atomic mass is 9.55. The summed E-state index contributed by atoms with van der Waals surface area (Å²) in [7, 11) is 0. The maximum absolute atomic E-state index is 12.4. The monoisotopic (exact) mass is 2010 g/mol. The predicted molar refractivity (Wildman–Crippen MR) is 615 cm³/mol. The molecule has 2 bridgehead atoms. The first-order valence-corrected chi connectivity index (χ1v) is 54.5. The fourth-order valence-corrected chi connectivity index (χ4v) is 20.7. The van der Waals surface area contributed by atoms with Gasteiger partial charge in [0.25, 0.3) is 0 Å². The summed E-state index contributed by atoms with van der Waals surface area (Å²) in [6.07, 6.45) is 11.5. The van der Waals surface area contributed by atoms with E-state index in [1.807, 2.05) is 156 Å². The van der Waals surface area contributed by atoms with Crippen molar-refractivity contribution in [3.05, 3.63) is 399 Å². The van der Waals surface area contributed by atoms with E-state index in [1.165, 1.54) is 65.1 Å². The summed E-state index contributed by atoms with van der Waals surface area (Å²) in [6.45, 7) is 70.6. The molecule has 0 radical (unpaired) electrons. The average Bonchev–Trinajstić information content (AvgIpc) is 0.765. The van der Waals surface area contributed by atoms with Crippen molar-refractivity contribution >= 4 is 35.8 Å². The Morgan fingerprint density at radius 1 is 0.255 bits per heavy atom. The van der Waals surface area contributed by atoms with Gasteiger partial charge in [0.2, 0.25) is 0 Å². The number of benzene rings is 12. The molecule has 12 atom stereocenters. The van der Waals surface area contributed by atoms with Gasteiger partial charge in [-0.2, -0.15) is 0 Å². The minimum absolute atomic E-state index is 0.0301. The van der Waals surface area contributed by atoms with E-state index in [0.717, 1.165) is 191 Å². The van der Waals surface area contributed by atoms with Gasteiger partial charge in [-0.05, 0) is 475 Å². The number of allylic oxidation sites excluding steroid dienone is 2. The van der Waals surface area contributed by atoms with Crippen molar-refractivity contribution in [3.8, 4) is 34.1 Å². The summed E-state index contributed by atoms with van der Waals surface area (Å²) in [6, 6.07) is 76.3. The number of rotatable bonds is 18. The van der Waals surface area contributed by atoms with Crippen LogP contribution in [0.25, 0.3) is 11.1 Å². The molecule has 12 heteroatoms. The first-order valence-electron chi connectivity index (χ1n) is 54.5. The first kappa shape index (κ1) is 118. The number of fused-ring (bicyclic) bond motifs is 3. The molecule has 12 aromatic rings. The summed E-state index contributed by atoms with van der Waals surface area (Å²) in [5, 5.41) is 0. The van der Waals surface area contributed by atoms with Crippen molar-refractivity contribution in [3.63, 3.8) is 0 Å². The van der Waals surface area contributed by atoms with Crippen LogP contribution in [0.3, 0.4) is 0 Å². The van der Waals surface area contributed by atoms with Crippen LogP contribution in [0.2, 0.25) is 0 Å². The normalized spacial score (nSPS) is 21.5. The largest absolute Gasteiger partial charge is 0.458 e. The lowest BCUT2D eigenvalue weighted by Crippen LogP contribution is -2.44. The molecule has 0 saturated heterocycles. The molecule has 149 heavy (non-hydrogen) atoms. The summed E-state index contributed by atoms with van der Waals surface area (Å²) >= 11 is 0. The quantitative estimate of drug-likeness (QED) is 0.0347. The van der Waals surface area contributed by atoms with Gasteiger partial charge in [-0.3, -0.25) is 0 Å². The SMILES string of the molecule is CC1C(C)C(C)C1C.CC1C(C)C2C=CC1C(C)C2C.CC1CC(C)C(C)CC1C.CCC(C)C1CC(C)C(C)c2ccccc21.Cc1ccc(C(=O)OCCOC(=O)c2ccc(C)c(C)c2)cc1C.Cc1ccc(C(=O)Oc2ccc(-c3ccc(OC(=O)c4ccc(C)c(C)c4)cc3)cc2)cc1C.Cc1ccc(C(=O)Oc2cccc(OC(=O)c3ccc(C)c(C)c3)c2)cc1C.Cc1ccc(Cc2ccc(C)c(C)c2)cc1C. The Bertz CT molecular complexity index is 6170. The van der Waals surface area contributed by atoms with Crippen LogP contribution in [0.4, 0.5) is 0 Å². The number of carbonyl (C=O) groups excluding carboxylic acids is 6. The van der Waals surface area contributed by atoms with Crippen molar-refractivity contribution < 1.29 is 57.2 Å². The summed E-state index contributed by atoms with van der Waals surface area (Å²) in [5.41, 5.74) is 29.4. The topological polar surface area (TPSA) is 158 Å². The number of esters is 6. The minimum Gasteiger partial charge on any atom is -0.458 e. The Balaban J connectivity index is 0.000000181. The van der Waals surface area contributed by atoms with Gasteiger partial charge in [0.05, 0.1) is 33.4 Å². The van der Waals surface area contributed by atoms with E-state index in [0.29, 0.717) is 56.4 Å². The van der Waals surface area contributed by atoms with Gasteiger partial charge in [-0.25, -0.2) is 28.8 Å². The van der Waals surface area contributed by atoms with Crippen LogP contribution in [-0.4, -0.2) is 49.0 Å². The molecule has 0 heterocycles. The van der Waals surface area contributed by atoms with Crippen LogP contribution in [0.5, 0.6) is 23.0 Å². The molecule has 0 spiro atoms. The summed E-state index contributed by atoms with van der Waals surface area (Å²) < 4.78 is 32.1. The van der Waals surface area contributed by atoms with E-state index in [9.17, 15) is 28.8 Å². The standard InChI is InChI=1S/C30H26O4.C24H22O4.C20H22O4.C17H20.C16H24.C12H20.C10H20.C8H16/c1-19-5-7-25(17-21(19)3)29(31)33-27-13-9-23(10-14-27)24-11-15-28(16-12-24)34-30(32)26-8-6-20(2)22(4)18-26;1-15-8-10-19(12-17(15)3)23(25)27-21-6-5-7-22(14-21)28-24(26)20-11-9-16(2)18(4)13-20;1-13-5-7-17(11-15(13)3)19(21)23-9-10-24-20(22)18-8-6-14(2)16(4)12-18;1-12-5-7-16(9-14(12)3)11-17-8-6-13(2)15(4)10-17;1-5-11(2)16-10-12(3)13(4)14-8-6-7-9-15(14)16;1-7-8(2)12-6-5-11(7)9(3)10(12)4;1-7-5-9(3)10(4)6-8(7)2;1-5-6(2)8(4)7(5)3/h5-18H,1-4H3;5-14H,1-4H3;5-8,11-12H,9-10H2,1-4H3;5-10H,11H2,1-4H3;6-9,11-13,16H,5,10H2,1-4H3;5-12H,1-4H3;7-10H,5-6H2,1-4H3;5-8H,1-4H3. The fourth-order valence-electron chi connectivity index (χ4n) is 20.7. The van der Waals surface area contributed by atoms with E-state index in [2.05, 4.69) is 211 Å². The van der Waals surface area contributed by atoms with Gasteiger partial charge in [0, 0.05) is 6.07 Å². The van der Waals surface area contributed by atoms with E-state index < -0.39 is 23.9 Å². The Morgan fingerprint density at radius 2 is 0.517 bits per heavy atom. The lowest BCUT2D eigenvalue weighted by Gasteiger charge is -2.50. The second-order valence-electron chi connectivity index (χ2n) is 44.6. The number of hydrogen-bond acceptors (Lipinski definition) is 12. The highest BCUT2D eigenvalue weighted by molar-refractivity contribution is 5.94. The van der Waals surface area contributed by atoms with Crippen LogP contribution in [0, 0.1) is 205 Å². The van der Waals surface area contributed by atoms with Gasteiger partial charge < -0.3 is 28.4 Å². The van der Waals surface area contributed by atoms with Crippen molar-refractivity contribution in [2.45, 2.75) is 265 Å². The van der Waals surface area contributed by atoms with Crippen LogP contribution < -0.4 is 18.9 Å². The first-order chi connectivity index (χ1) is 70.6. The zero-order chi connectivity index (χ0) is 109. The molecule has 0 aromatic heterocycles. The Labute approximate surface area is 894 Å². The fraction of sp³-hybridized carbons (Fsp3) is 0.416. The van der Waals surface area contributed by atoms with E-state index in [-0.39, 0.29) is 25.2 Å². The molecule has 0 aliphatic heterocycles. The van der Waals surface area contributed by atoms with E-state index in [4.69, 9.17) is 28.4 Å². The lowest BCUT2D eigenvalue weighted by molar-refractivity contribution is 0.0265. The molecular weight excluding hydrogens is 1840 g/mol. The van der Waals surface area contributed by atoms with Crippen molar-refractivity contribution in [2.75, 3.05) is 13.2 Å². The maximum Gasteiger partial charge on any atom is 0.343 e. The number of aryl methyl sites for hydroxylation is 16. The van der Waals surface area contributed by atoms with Gasteiger partial charge in [0.1, 0.15) is 36.2 Å². The molecule has 6 aliphatic rings. The number of ether oxygens (including phenoxy) is 6. The van der Waals surface area contributed by atoms with Crippen LogP contribution >= 0.6 is 0 Å². The van der Waals surface area contributed by atoms with Crippen LogP contribution in [0.15, 0.2) is 255 Å². The van der Waals surface area contributed by atoms with Crippen molar-refractivity contribution in [1.82, 2.24) is 0 Å². The summed E-state index contributed by atoms with van der Waals surface area (Å²) in [5.74, 6) is 15.3. The van der Waals surface area contributed by atoms with Crippen molar-refractivity contribution in [2.24, 2.45) is 94.7 Å². The molecule has 3 saturated carbocycles. The predicted octanol–water partition coefficient (Wildman–Crippen LogP) is 35.0. The molecular formula is C137H170O12. The third-order valence-electron chi connectivity index (χ3n) is 34.3. The number of carbonyl (C=O) groups is 6. The molecule has 790 valence electrons. The molecule has 12 unspecified atom stereocenters. The zero-order valence-corrected chi connectivity index (χ0v) is 95.5. The smallest absolute Gasteiger partial charge is 0.343 e. The van der Waals surface area contributed by atoms with Gasteiger partial charge in [0.15, 0.2) is 0 Å². The van der Waals surface area contributed by atoms with Gasteiger partial charge in [-0.15, -0.1) is 0 Å². The molecule has 0 amide bonds. The van der Waals surface area contributed by atoms with Crippen molar-refractivity contribution in [1.29, 1.82) is 0 Å². The molecule has 12 nitrogen and oxygen atoms in total. The Kier molecular flexibility index (Phi) is 43.7. The maximum atomic E-state index is 12.4. The highest BCUT2D eigenvalue weighted by atomic mass is 16.6. The molecule has 0 N–H and O–H groups in total. The highest BCUT2D eigenvalue weighted by Crippen LogP contribution is 2.51. The molecule has 3 fully saturated rings. The molecule has 6 aliphatic carbocycles. The Morgan fingerprint density at radius 3 is 0.792 bits per heavy atom. The summed E-state index contributed by atoms with van der Waals surface area (Å²) in [4.78, 5) is 73.5. The van der Waals surface area contributed by atoms with E-state index in [1.54, 1.807) is 114 Å². The molecule has 18 rings (SSSR count). The van der Waals surface area contributed by atoms with Gasteiger partial charge in [-0.1, -0.05) is 257 Å². The second-order valence-corrected chi connectivity index (χ2v) is 44.6. The zero-order valence-electron chi connectivity index (χ0n) is 95.5. The van der Waals surface area contributed by atoms with Gasteiger partial charge >= 0.3 is 35.8 Å². The third-order valence-corrected chi connectivity index (χ3v) is 34.3. The highest BCUT2D eigenvalue weighted by Gasteiger charge is 2.44. The Hall–Kier alpha value is -12.8. The average molecular weight is 2010 g/mol. The minimum atomic E-state index is -0.458. The van der Waals surface area contributed by atoms with E-state index >= 15 is 0 Å². The second kappa shape index (κ2) is 55.1. The number of hydrogen-bond donors (Lipinski definition) is 0. The molecule has 12 aromatic carbocycles. The van der Waals surface area contributed by atoms with Crippen LogP contribution in [0.1, 0.15) is 322 Å². The third kappa shape index (κ3) is 32.9. The van der Waals surface area contributed by atoms with Crippen LogP contribution in [-0.2, 0) is 15.9 Å².